The molecule has 3 heteroatoms. The van der Waals surface area contributed by atoms with Crippen molar-refractivity contribution in [3.05, 3.63) is 18.3 Å². The molecule has 1 aromatic rings. The van der Waals surface area contributed by atoms with Gasteiger partial charge in [0.1, 0.15) is 5.82 Å². The highest BCUT2D eigenvalue weighted by Crippen LogP contribution is 2.20. The predicted molar refractivity (Wildman–Crippen MR) is 68.6 cm³/mol. The Morgan fingerprint density at radius 3 is 2.93 bits per heavy atom. The molecule has 0 saturated carbocycles. The molecule has 1 aromatic heterocycles. The number of nitrogens with one attached hydrogen (secondary N) is 1. The second-order valence-corrected chi connectivity index (χ2v) is 4.67. The number of hydrogen-bond acceptors (Lipinski definition) is 3. The Morgan fingerprint density at radius 2 is 2.20 bits per heavy atom. The van der Waals surface area contributed by atoms with E-state index in [1.807, 2.05) is 18.0 Å². The summed E-state index contributed by atoms with van der Waals surface area (Å²) in [5, 5.41) is 3.30. The first-order valence-electron chi connectivity index (χ1n) is 5.69. The lowest BCUT2D eigenvalue weighted by atomic mass is 10.4. The van der Waals surface area contributed by atoms with Crippen LogP contribution in [0.2, 0.25) is 0 Å². The van der Waals surface area contributed by atoms with Crippen molar-refractivity contribution in [3.63, 3.8) is 0 Å². The van der Waals surface area contributed by atoms with Crippen molar-refractivity contribution in [2.24, 2.45) is 0 Å². The average molecular weight is 224 g/mol. The minimum atomic E-state index is 0.996. The lowest BCUT2D eigenvalue weighted by molar-refractivity contribution is 0.896. The first kappa shape index (κ1) is 12.4. The fourth-order valence-electron chi connectivity index (χ4n) is 1.19. The molecule has 0 aromatic carbocycles. The standard InChI is InChI=1S/C12H20N2S/c1-3-5-9-15-11-6-8-14-12(10-11)13-7-4-2/h6,8,10H,3-5,7,9H2,1-2H3,(H,13,14). The quantitative estimate of drug-likeness (QED) is 0.563. The first-order chi connectivity index (χ1) is 7.36. The van der Waals surface area contributed by atoms with E-state index in [1.54, 1.807) is 0 Å². The summed E-state index contributed by atoms with van der Waals surface area (Å²) in [5.41, 5.74) is 0. The number of nitrogens with zero attached hydrogens (tertiary/aromatic N) is 1. The van der Waals surface area contributed by atoms with Gasteiger partial charge in [0.25, 0.3) is 0 Å². The Bertz CT molecular complexity index is 276. The van der Waals surface area contributed by atoms with Crippen LogP contribution in [0.25, 0.3) is 0 Å². The van der Waals surface area contributed by atoms with Gasteiger partial charge in [0.2, 0.25) is 0 Å². The molecule has 0 fully saturated rings. The number of pyridine rings is 1. The van der Waals surface area contributed by atoms with Gasteiger partial charge in [-0.05, 0) is 30.7 Å². The van der Waals surface area contributed by atoms with Crippen molar-refractivity contribution in [3.8, 4) is 0 Å². The summed E-state index contributed by atoms with van der Waals surface area (Å²) in [5.74, 6) is 2.20. The average Bonchev–Trinajstić information content (AvgIpc) is 2.27. The van der Waals surface area contributed by atoms with Gasteiger partial charge in [-0.25, -0.2) is 4.98 Å². The van der Waals surface area contributed by atoms with Crippen LogP contribution in [0.5, 0.6) is 0 Å². The van der Waals surface area contributed by atoms with Crippen molar-refractivity contribution in [1.82, 2.24) is 4.98 Å². The molecule has 0 atom stereocenters. The van der Waals surface area contributed by atoms with E-state index in [0.29, 0.717) is 0 Å². The maximum Gasteiger partial charge on any atom is 0.126 e. The van der Waals surface area contributed by atoms with Crippen LogP contribution >= 0.6 is 11.8 Å². The SMILES string of the molecule is CCCCSc1ccnc(NCCC)c1. The van der Waals surface area contributed by atoms with Crippen LogP contribution < -0.4 is 5.32 Å². The molecule has 0 aliphatic rings. The Morgan fingerprint density at radius 1 is 1.33 bits per heavy atom. The normalized spacial score (nSPS) is 10.3. The molecule has 0 saturated heterocycles. The summed E-state index contributed by atoms with van der Waals surface area (Å²) >= 11 is 1.91. The summed E-state index contributed by atoms with van der Waals surface area (Å²) in [4.78, 5) is 5.60. The van der Waals surface area contributed by atoms with Crippen LogP contribution in [0.3, 0.4) is 0 Å². The van der Waals surface area contributed by atoms with Gasteiger partial charge in [0.05, 0.1) is 0 Å². The van der Waals surface area contributed by atoms with Crippen LogP contribution in [0, 0.1) is 0 Å². The summed E-state index contributed by atoms with van der Waals surface area (Å²) in [6, 6.07) is 4.22. The lowest BCUT2D eigenvalue weighted by Gasteiger charge is -2.05. The summed E-state index contributed by atoms with van der Waals surface area (Å²) in [6.07, 6.45) is 5.56. The molecule has 0 radical (unpaired) electrons. The third-order valence-corrected chi connectivity index (χ3v) is 3.13. The molecule has 2 nitrogen and oxygen atoms in total. The lowest BCUT2D eigenvalue weighted by Crippen LogP contribution is -2.01. The first-order valence-corrected chi connectivity index (χ1v) is 6.68. The maximum atomic E-state index is 4.28. The second-order valence-electron chi connectivity index (χ2n) is 3.51. The molecule has 0 unspecified atom stereocenters. The fourth-order valence-corrected chi connectivity index (χ4v) is 2.21. The van der Waals surface area contributed by atoms with Gasteiger partial charge in [-0.2, -0.15) is 0 Å². The molecule has 84 valence electrons. The minimum absolute atomic E-state index is 0.996. The zero-order valence-electron chi connectivity index (χ0n) is 9.62. The van der Waals surface area contributed by atoms with Crippen molar-refractivity contribution in [2.75, 3.05) is 17.6 Å². The van der Waals surface area contributed by atoms with Gasteiger partial charge < -0.3 is 5.32 Å². The molecule has 0 bridgehead atoms. The number of thioether (sulfide) groups is 1. The molecular weight excluding hydrogens is 204 g/mol. The van der Waals surface area contributed by atoms with E-state index in [9.17, 15) is 0 Å². The van der Waals surface area contributed by atoms with Gasteiger partial charge in [-0.3, -0.25) is 0 Å². The van der Waals surface area contributed by atoms with Gasteiger partial charge >= 0.3 is 0 Å². The topological polar surface area (TPSA) is 24.9 Å². The zero-order chi connectivity index (χ0) is 10.9. The Balaban J connectivity index is 2.42. The van der Waals surface area contributed by atoms with E-state index >= 15 is 0 Å². The minimum Gasteiger partial charge on any atom is -0.370 e. The summed E-state index contributed by atoms with van der Waals surface area (Å²) in [7, 11) is 0. The molecule has 1 rings (SSSR count). The van der Waals surface area contributed by atoms with Gasteiger partial charge in [-0.15, -0.1) is 11.8 Å². The van der Waals surface area contributed by atoms with Crippen molar-refractivity contribution in [2.45, 2.75) is 38.0 Å². The number of hydrogen-bond donors (Lipinski definition) is 1. The van der Waals surface area contributed by atoms with E-state index in [0.717, 1.165) is 18.8 Å². The Labute approximate surface area is 96.9 Å². The third kappa shape index (κ3) is 5.07. The van der Waals surface area contributed by atoms with Gasteiger partial charge in [0.15, 0.2) is 0 Å². The van der Waals surface area contributed by atoms with Crippen LogP contribution in [-0.4, -0.2) is 17.3 Å². The van der Waals surface area contributed by atoms with Crippen LogP contribution in [0.1, 0.15) is 33.1 Å². The van der Waals surface area contributed by atoms with Gasteiger partial charge in [0, 0.05) is 17.6 Å². The zero-order valence-corrected chi connectivity index (χ0v) is 10.4. The maximum absolute atomic E-state index is 4.28. The Hall–Kier alpha value is -0.700. The van der Waals surface area contributed by atoms with Crippen LogP contribution in [0.15, 0.2) is 23.2 Å². The smallest absolute Gasteiger partial charge is 0.126 e. The van der Waals surface area contributed by atoms with Crippen molar-refractivity contribution < 1.29 is 0 Å². The molecule has 0 aliphatic heterocycles. The number of unbranched alkanes of at least 4 members (excludes halogenated alkanes) is 1. The fraction of sp³-hybridized carbons (Fsp3) is 0.583. The monoisotopic (exact) mass is 224 g/mol. The highest BCUT2D eigenvalue weighted by molar-refractivity contribution is 7.99. The number of aromatic nitrogens is 1. The number of rotatable bonds is 7. The number of anilines is 1. The highest BCUT2D eigenvalue weighted by atomic mass is 32.2. The molecular formula is C12H20N2S. The predicted octanol–water partition coefficient (Wildman–Crippen LogP) is 3.80. The van der Waals surface area contributed by atoms with E-state index in [-0.39, 0.29) is 0 Å². The van der Waals surface area contributed by atoms with E-state index in [4.69, 9.17) is 0 Å². The van der Waals surface area contributed by atoms with E-state index < -0.39 is 0 Å². The molecule has 1 heterocycles. The highest BCUT2D eigenvalue weighted by Gasteiger charge is 1.96. The summed E-state index contributed by atoms with van der Waals surface area (Å²) < 4.78 is 0. The second kappa shape index (κ2) is 7.57. The van der Waals surface area contributed by atoms with E-state index in [1.165, 1.54) is 23.5 Å². The Kier molecular flexibility index (Phi) is 6.25. The van der Waals surface area contributed by atoms with Crippen molar-refractivity contribution in [1.29, 1.82) is 0 Å². The molecule has 1 N–H and O–H groups in total. The molecule has 0 aliphatic carbocycles. The molecule has 15 heavy (non-hydrogen) atoms. The van der Waals surface area contributed by atoms with E-state index in [2.05, 4.69) is 36.3 Å². The summed E-state index contributed by atoms with van der Waals surface area (Å²) in [6.45, 7) is 5.38. The van der Waals surface area contributed by atoms with Crippen LogP contribution in [-0.2, 0) is 0 Å². The van der Waals surface area contributed by atoms with Crippen LogP contribution in [0.4, 0.5) is 5.82 Å². The third-order valence-electron chi connectivity index (χ3n) is 2.05. The van der Waals surface area contributed by atoms with Gasteiger partial charge in [-0.1, -0.05) is 20.3 Å². The van der Waals surface area contributed by atoms with Crippen molar-refractivity contribution >= 4 is 17.6 Å². The molecule has 0 amide bonds. The largest absolute Gasteiger partial charge is 0.370 e. The molecule has 0 spiro atoms.